The fraction of sp³-hybridized carbons (Fsp3) is 0.375. The molecule has 2 N–H and O–H groups in total. The number of nitrogens with zero attached hydrogens (tertiary/aromatic N) is 3. The van der Waals surface area contributed by atoms with Gasteiger partial charge in [0.2, 0.25) is 0 Å². The summed E-state index contributed by atoms with van der Waals surface area (Å²) in [4.78, 5) is 16.8. The molecule has 3 heterocycles. The second kappa shape index (κ2) is 7.26. The van der Waals surface area contributed by atoms with Crippen molar-refractivity contribution < 1.29 is 14.3 Å². The molecule has 1 saturated heterocycles. The van der Waals surface area contributed by atoms with E-state index in [9.17, 15) is 4.79 Å². The molecule has 0 spiro atoms. The van der Waals surface area contributed by atoms with Gasteiger partial charge in [0.15, 0.2) is 0 Å². The average molecular weight is 359 g/mol. The van der Waals surface area contributed by atoms with E-state index in [2.05, 4.69) is 25.7 Å². The minimum atomic E-state index is -0.199. The van der Waals surface area contributed by atoms with Gasteiger partial charge in [-0.3, -0.25) is 4.79 Å². The molecule has 130 valence electrons. The van der Waals surface area contributed by atoms with Crippen molar-refractivity contribution in [3.8, 4) is 0 Å². The van der Waals surface area contributed by atoms with Gasteiger partial charge in [0.05, 0.1) is 30.5 Å². The Bertz CT molecular complexity index is 850. The molecule has 1 aliphatic heterocycles. The standard InChI is InChI=1S/C16H17N5O3S/c22-16(10-1-2-12-14(5-10)20-21-19-12)18-13-3-4-23-7-15(13)24-6-11-8-25-9-17-11/h1-2,5,8-9,13,15H,3-4,6-7H2,(H,18,22)(H,19,20,21)/t13-,15-/m1/s1. The number of H-pyrrole nitrogens is 1. The zero-order valence-corrected chi connectivity index (χ0v) is 14.2. The van der Waals surface area contributed by atoms with Gasteiger partial charge in [0, 0.05) is 17.6 Å². The summed E-state index contributed by atoms with van der Waals surface area (Å²) in [5, 5.41) is 15.6. The number of benzene rings is 1. The van der Waals surface area contributed by atoms with Crippen LogP contribution < -0.4 is 5.32 Å². The molecule has 4 rings (SSSR count). The van der Waals surface area contributed by atoms with Crippen LogP contribution in [0.3, 0.4) is 0 Å². The lowest BCUT2D eigenvalue weighted by atomic mass is 10.0. The van der Waals surface area contributed by atoms with Gasteiger partial charge in [-0.1, -0.05) is 0 Å². The number of amides is 1. The van der Waals surface area contributed by atoms with Crippen LogP contribution in [0, 0.1) is 0 Å². The summed E-state index contributed by atoms with van der Waals surface area (Å²) < 4.78 is 11.4. The van der Waals surface area contributed by atoms with Crippen LogP contribution in [0.5, 0.6) is 0 Å². The Balaban J connectivity index is 1.42. The molecule has 1 aliphatic rings. The molecule has 1 amide bonds. The molecule has 1 fully saturated rings. The van der Waals surface area contributed by atoms with Gasteiger partial charge in [-0.2, -0.15) is 15.4 Å². The predicted molar refractivity (Wildman–Crippen MR) is 91.3 cm³/mol. The van der Waals surface area contributed by atoms with Crippen molar-refractivity contribution in [3.63, 3.8) is 0 Å². The highest BCUT2D eigenvalue weighted by Gasteiger charge is 2.28. The van der Waals surface area contributed by atoms with Gasteiger partial charge in [-0.25, -0.2) is 4.98 Å². The number of fused-ring (bicyclic) bond motifs is 1. The van der Waals surface area contributed by atoms with Crippen LogP contribution in [-0.4, -0.2) is 51.7 Å². The molecule has 25 heavy (non-hydrogen) atoms. The van der Waals surface area contributed by atoms with Crippen molar-refractivity contribution in [2.24, 2.45) is 0 Å². The predicted octanol–water partition coefficient (Wildman–Crippen LogP) is 1.52. The number of aromatic amines is 1. The number of nitrogens with one attached hydrogen (secondary N) is 2. The molecular formula is C16H17N5O3S. The van der Waals surface area contributed by atoms with Gasteiger partial charge >= 0.3 is 0 Å². The number of aromatic nitrogens is 4. The van der Waals surface area contributed by atoms with Crippen molar-refractivity contribution in [1.82, 2.24) is 25.7 Å². The molecule has 0 saturated carbocycles. The Kier molecular flexibility index (Phi) is 4.68. The monoisotopic (exact) mass is 359 g/mol. The molecular weight excluding hydrogens is 342 g/mol. The van der Waals surface area contributed by atoms with E-state index in [0.717, 1.165) is 11.2 Å². The van der Waals surface area contributed by atoms with E-state index >= 15 is 0 Å². The van der Waals surface area contributed by atoms with Crippen LogP contribution >= 0.6 is 11.3 Å². The van der Waals surface area contributed by atoms with Gasteiger partial charge in [-0.15, -0.1) is 11.3 Å². The summed E-state index contributed by atoms with van der Waals surface area (Å²) in [6, 6.07) is 5.13. The van der Waals surface area contributed by atoms with E-state index in [0.29, 0.717) is 37.3 Å². The summed E-state index contributed by atoms with van der Waals surface area (Å²) in [5.74, 6) is -0.154. The van der Waals surface area contributed by atoms with Gasteiger partial charge < -0.3 is 14.8 Å². The molecule has 8 nitrogen and oxygen atoms in total. The molecule has 0 aliphatic carbocycles. The number of hydrogen-bond acceptors (Lipinski definition) is 7. The van der Waals surface area contributed by atoms with E-state index in [1.807, 2.05) is 5.38 Å². The number of ether oxygens (including phenoxy) is 2. The zero-order chi connectivity index (χ0) is 17.1. The molecule has 0 unspecified atom stereocenters. The largest absolute Gasteiger partial charge is 0.379 e. The third kappa shape index (κ3) is 3.68. The van der Waals surface area contributed by atoms with Crippen LogP contribution in [0.25, 0.3) is 11.0 Å². The van der Waals surface area contributed by atoms with Gasteiger partial charge in [0.25, 0.3) is 5.91 Å². The first-order chi connectivity index (χ1) is 12.3. The van der Waals surface area contributed by atoms with Crippen molar-refractivity contribution in [1.29, 1.82) is 0 Å². The zero-order valence-electron chi connectivity index (χ0n) is 13.3. The van der Waals surface area contributed by atoms with Crippen molar-refractivity contribution in [2.75, 3.05) is 13.2 Å². The van der Waals surface area contributed by atoms with Crippen LogP contribution in [-0.2, 0) is 16.1 Å². The van der Waals surface area contributed by atoms with Crippen LogP contribution in [0.2, 0.25) is 0 Å². The molecule has 2 aromatic heterocycles. The van der Waals surface area contributed by atoms with Gasteiger partial charge in [0.1, 0.15) is 17.1 Å². The molecule has 0 bridgehead atoms. The SMILES string of the molecule is O=C(N[C@@H]1CCOC[C@H]1OCc1cscn1)c1ccc2n[nH]nc2c1. The highest BCUT2D eigenvalue weighted by molar-refractivity contribution is 7.07. The quantitative estimate of drug-likeness (QED) is 0.716. The minimum Gasteiger partial charge on any atom is -0.379 e. The van der Waals surface area contributed by atoms with Gasteiger partial charge in [-0.05, 0) is 24.6 Å². The van der Waals surface area contributed by atoms with Crippen LogP contribution in [0.4, 0.5) is 0 Å². The number of hydrogen-bond donors (Lipinski definition) is 2. The maximum atomic E-state index is 12.6. The van der Waals surface area contributed by atoms with Crippen molar-refractivity contribution in [2.45, 2.75) is 25.2 Å². The van der Waals surface area contributed by atoms with E-state index in [-0.39, 0.29) is 18.1 Å². The lowest BCUT2D eigenvalue weighted by Gasteiger charge is -2.32. The van der Waals surface area contributed by atoms with Crippen molar-refractivity contribution >= 4 is 28.3 Å². The number of thiazole rings is 1. The Labute approximate surface area is 147 Å². The molecule has 1 aromatic carbocycles. The smallest absolute Gasteiger partial charge is 0.251 e. The summed E-state index contributed by atoms with van der Waals surface area (Å²) >= 11 is 1.53. The summed E-state index contributed by atoms with van der Waals surface area (Å²) in [6.45, 7) is 1.47. The van der Waals surface area contributed by atoms with Crippen LogP contribution in [0.1, 0.15) is 22.5 Å². The highest BCUT2D eigenvalue weighted by atomic mass is 32.1. The maximum Gasteiger partial charge on any atom is 0.251 e. The minimum absolute atomic E-state index is 0.104. The maximum absolute atomic E-state index is 12.6. The molecule has 0 radical (unpaired) electrons. The first-order valence-corrected chi connectivity index (χ1v) is 8.92. The van der Waals surface area contributed by atoms with E-state index in [1.54, 1.807) is 23.7 Å². The van der Waals surface area contributed by atoms with E-state index in [4.69, 9.17) is 9.47 Å². The lowest BCUT2D eigenvalue weighted by molar-refractivity contribution is -0.0742. The Morgan fingerprint density at radius 1 is 1.40 bits per heavy atom. The number of carbonyl (C=O) groups is 1. The fourth-order valence-electron chi connectivity index (χ4n) is 2.78. The van der Waals surface area contributed by atoms with Crippen LogP contribution in [0.15, 0.2) is 29.1 Å². The Morgan fingerprint density at radius 2 is 2.32 bits per heavy atom. The number of rotatable bonds is 5. The first-order valence-electron chi connectivity index (χ1n) is 7.97. The van der Waals surface area contributed by atoms with E-state index in [1.165, 1.54) is 11.3 Å². The highest BCUT2D eigenvalue weighted by Crippen LogP contribution is 2.16. The third-order valence-corrected chi connectivity index (χ3v) is 4.76. The normalized spacial score (nSPS) is 20.6. The third-order valence-electron chi connectivity index (χ3n) is 4.13. The van der Waals surface area contributed by atoms with E-state index < -0.39 is 0 Å². The average Bonchev–Trinajstić information content (AvgIpc) is 3.31. The summed E-state index contributed by atoms with van der Waals surface area (Å²) in [7, 11) is 0. The molecule has 2 atom stereocenters. The number of carbonyl (C=O) groups excluding carboxylic acids is 1. The molecule has 9 heteroatoms. The van der Waals surface area contributed by atoms with Crippen molar-refractivity contribution in [3.05, 3.63) is 40.3 Å². The lowest BCUT2D eigenvalue weighted by Crippen LogP contribution is -2.49. The second-order valence-corrected chi connectivity index (χ2v) is 6.52. The fourth-order valence-corrected chi connectivity index (χ4v) is 3.32. The first kappa shape index (κ1) is 16.1. The Hall–Kier alpha value is -2.36. The summed E-state index contributed by atoms with van der Waals surface area (Å²) in [5.41, 5.74) is 4.60. The summed E-state index contributed by atoms with van der Waals surface area (Å²) in [6.07, 6.45) is 0.509. The topological polar surface area (TPSA) is 102 Å². The Morgan fingerprint density at radius 3 is 3.20 bits per heavy atom. The molecule has 3 aromatic rings. The second-order valence-electron chi connectivity index (χ2n) is 5.80.